The van der Waals surface area contributed by atoms with Gasteiger partial charge in [0.2, 0.25) is 0 Å². The molecular formula is C60H68SiZr. The van der Waals surface area contributed by atoms with E-state index in [9.17, 15) is 0 Å². The molecule has 0 atom stereocenters. The van der Waals surface area contributed by atoms with Crippen LogP contribution in [0.2, 0.25) is 13.1 Å². The molecule has 0 unspecified atom stereocenters. The Bertz CT molecular complexity index is 2300. The van der Waals surface area contributed by atoms with E-state index >= 15 is 0 Å². The van der Waals surface area contributed by atoms with Crippen molar-refractivity contribution < 1.29 is 26.2 Å². The van der Waals surface area contributed by atoms with Gasteiger partial charge in [0.1, 0.15) is 0 Å². The van der Waals surface area contributed by atoms with Gasteiger partial charge in [0.15, 0.2) is 0 Å². The van der Waals surface area contributed by atoms with Crippen molar-refractivity contribution in [2.45, 2.75) is 121 Å². The number of aryl methyl sites for hydroxylation is 10. The summed E-state index contributed by atoms with van der Waals surface area (Å²) in [7, 11) is 1.08. The Morgan fingerprint density at radius 3 is 0.871 bits per heavy atom. The summed E-state index contributed by atoms with van der Waals surface area (Å²) in [4.78, 5) is 0. The minimum absolute atomic E-state index is 0. The van der Waals surface area contributed by atoms with Gasteiger partial charge in [-0.05, 0) is 79.4 Å². The van der Waals surface area contributed by atoms with E-state index in [-0.39, 0.29) is 26.2 Å². The second-order valence-electron chi connectivity index (χ2n) is 17.9. The molecule has 0 bridgehead atoms. The zero-order chi connectivity index (χ0) is 43.8. The van der Waals surface area contributed by atoms with Crippen molar-refractivity contribution >= 4 is 31.1 Å². The molecule has 2 heteroatoms. The first-order chi connectivity index (χ1) is 29.3. The first-order valence-electron chi connectivity index (χ1n) is 22.7. The summed E-state index contributed by atoms with van der Waals surface area (Å²) in [5, 5.41) is 5.55. The van der Waals surface area contributed by atoms with E-state index in [2.05, 4.69) is 204 Å². The topological polar surface area (TPSA) is 0 Å². The number of benzene rings is 6. The Morgan fingerprint density at radius 2 is 0.613 bits per heavy atom. The van der Waals surface area contributed by atoms with Crippen molar-refractivity contribution in [3.05, 3.63) is 177 Å². The zero-order valence-corrected chi connectivity index (χ0v) is 43.2. The van der Waals surface area contributed by atoms with E-state index in [4.69, 9.17) is 0 Å². The monoisotopic (exact) mass is 906 g/mol. The van der Waals surface area contributed by atoms with Crippen LogP contribution in [0.1, 0.15) is 95.2 Å². The van der Waals surface area contributed by atoms with Crippen LogP contribution in [0.4, 0.5) is 0 Å². The maximum atomic E-state index is 2.43. The van der Waals surface area contributed by atoms with E-state index < -0.39 is 0 Å². The molecule has 0 aromatic heterocycles. The van der Waals surface area contributed by atoms with Crippen LogP contribution in [0.3, 0.4) is 0 Å². The van der Waals surface area contributed by atoms with Gasteiger partial charge < -0.3 is 0 Å². The summed E-state index contributed by atoms with van der Waals surface area (Å²) < 4.78 is 0. The van der Waals surface area contributed by atoms with Crippen molar-refractivity contribution in [1.82, 2.24) is 0 Å². The van der Waals surface area contributed by atoms with E-state index in [1.54, 1.807) is 0 Å². The number of rotatable bonds is 10. The molecule has 8 rings (SSSR count). The largest absolute Gasteiger partial charge is 2.00 e. The van der Waals surface area contributed by atoms with Crippen molar-refractivity contribution in [3.8, 4) is 44.5 Å². The molecule has 0 amide bonds. The molecule has 0 aliphatic rings. The van der Waals surface area contributed by atoms with Crippen LogP contribution in [0.25, 0.3) is 66.1 Å². The Balaban J connectivity index is 0.000000217. The molecule has 0 heterocycles. The third-order valence-corrected chi connectivity index (χ3v) is 11.7. The van der Waals surface area contributed by atoms with Gasteiger partial charge in [-0.25, -0.2) is 0 Å². The van der Waals surface area contributed by atoms with Crippen LogP contribution in [-0.4, -0.2) is 9.52 Å². The fraction of sp³-hybridized carbons (Fsp3) is 0.300. The van der Waals surface area contributed by atoms with Crippen molar-refractivity contribution in [3.63, 3.8) is 0 Å². The van der Waals surface area contributed by atoms with Crippen LogP contribution in [-0.2, 0) is 39.0 Å². The second kappa shape index (κ2) is 22.3. The van der Waals surface area contributed by atoms with Crippen LogP contribution in [0, 0.1) is 55.4 Å². The standard InChI is InChI=1S/2C29H31.C2H6Si.Zr/c2*1-6-7-8-23-17-28-26(24-13-19(2)11-20(3)14-24)9-10-27(29(28)18-23)25-15-21(4)12-22(5)16-25;1-3-2;/h2*9-18H,6-8H2,1-5H3;1-2H3;/q2*-1;;+2. The molecule has 0 saturated heterocycles. The third-order valence-electron chi connectivity index (χ3n) is 11.7. The predicted molar refractivity (Wildman–Crippen MR) is 273 cm³/mol. The Hall–Kier alpha value is -4.36. The Labute approximate surface area is 396 Å². The molecule has 0 saturated carbocycles. The molecule has 0 N–H and O–H groups in total. The maximum Gasteiger partial charge on any atom is 2.00 e. The molecule has 8 aromatic carbocycles. The molecular weight excluding hydrogens is 840 g/mol. The molecule has 62 heavy (non-hydrogen) atoms. The molecule has 0 fully saturated rings. The van der Waals surface area contributed by atoms with Crippen molar-refractivity contribution in [1.29, 1.82) is 0 Å². The fourth-order valence-corrected chi connectivity index (χ4v) is 9.30. The van der Waals surface area contributed by atoms with Gasteiger partial charge in [-0.3, -0.25) is 0 Å². The van der Waals surface area contributed by atoms with Crippen LogP contribution >= 0.6 is 0 Å². The van der Waals surface area contributed by atoms with E-state index in [0.717, 1.165) is 22.4 Å². The first kappa shape index (κ1) is 48.7. The molecule has 0 spiro atoms. The zero-order valence-electron chi connectivity index (χ0n) is 39.8. The summed E-state index contributed by atoms with van der Waals surface area (Å²) in [6.07, 6.45) is 7.26. The SMILES string of the molecule is CCCCc1cc2c(-c3cc(C)cc(C)c3)ccc(-c3cc(C)cc(C)c3)c2[cH-]1.CCCCc1cc2c(-c3cc(C)cc(C)c3)ccc(-c3cc(C)cc(C)c3)c2[cH-]1.C[Si]C.[Zr+2]. The van der Waals surface area contributed by atoms with Gasteiger partial charge in [0, 0.05) is 9.52 Å². The summed E-state index contributed by atoms with van der Waals surface area (Å²) in [6.45, 7) is 26.4. The maximum absolute atomic E-state index is 2.43. The number of hydrogen-bond donors (Lipinski definition) is 0. The molecule has 0 nitrogen and oxygen atoms in total. The minimum Gasteiger partial charge on any atom is -0.164 e. The smallest absolute Gasteiger partial charge is 0.164 e. The third kappa shape index (κ3) is 12.0. The number of hydrogen-bond acceptors (Lipinski definition) is 0. The van der Waals surface area contributed by atoms with Gasteiger partial charge in [0.25, 0.3) is 0 Å². The average molecular weight is 909 g/mol. The number of fused-ring (bicyclic) bond motifs is 2. The van der Waals surface area contributed by atoms with Crippen LogP contribution < -0.4 is 0 Å². The van der Waals surface area contributed by atoms with Gasteiger partial charge >= 0.3 is 26.2 Å². The molecule has 316 valence electrons. The van der Waals surface area contributed by atoms with Gasteiger partial charge in [0.05, 0.1) is 0 Å². The van der Waals surface area contributed by atoms with E-state index in [1.807, 2.05) is 0 Å². The van der Waals surface area contributed by atoms with E-state index in [1.165, 1.54) is 147 Å². The predicted octanol–water partition coefficient (Wildman–Crippen LogP) is 17.7. The number of unbranched alkanes of at least 4 members (excludes halogenated alkanes) is 2. The minimum atomic E-state index is 0. The molecule has 0 aliphatic carbocycles. The van der Waals surface area contributed by atoms with Gasteiger partial charge in [-0.15, -0.1) is 44.8 Å². The second-order valence-corrected chi connectivity index (χ2v) is 18.9. The van der Waals surface area contributed by atoms with Gasteiger partial charge in [-0.1, -0.05) is 228 Å². The van der Waals surface area contributed by atoms with Crippen molar-refractivity contribution in [2.75, 3.05) is 0 Å². The Morgan fingerprint density at radius 1 is 0.371 bits per heavy atom. The molecule has 0 aliphatic heterocycles. The Kier molecular flexibility index (Phi) is 17.5. The average Bonchev–Trinajstić information content (AvgIpc) is 3.82. The van der Waals surface area contributed by atoms with Gasteiger partial charge in [-0.2, -0.15) is 12.1 Å². The van der Waals surface area contributed by atoms with E-state index in [0.29, 0.717) is 0 Å². The first-order valence-corrected chi connectivity index (χ1v) is 24.7. The van der Waals surface area contributed by atoms with Crippen LogP contribution in [0.15, 0.2) is 121 Å². The summed E-state index contributed by atoms with van der Waals surface area (Å²) in [5.41, 5.74) is 24.2. The molecule has 2 radical (unpaired) electrons. The van der Waals surface area contributed by atoms with Crippen LogP contribution in [0.5, 0.6) is 0 Å². The summed E-state index contributed by atoms with van der Waals surface area (Å²) in [6, 6.07) is 46.6. The fourth-order valence-electron chi connectivity index (χ4n) is 9.30. The van der Waals surface area contributed by atoms with Crippen molar-refractivity contribution in [2.24, 2.45) is 0 Å². The molecule has 8 aromatic rings. The summed E-state index contributed by atoms with van der Waals surface area (Å²) >= 11 is 0. The normalized spacial score (nSPS) is 10.9. The quantitative estimate of drug-likeness (QED) is 0.0947. The summed E-state index contributed by atoms with van der Waals surface area (Å²) in [5.74, 6) is 0.